The Balaban J connectivity index is 0.968. The van der Waals surface area contributed by atoms with E-state index in [0.29, 0.717) is 0 Å². The van der Waals surface area contributed by atoms with Gasteiger partial charge < -0.3 is 13.9 Å². The first-order valence-corrected chi connectivity index (χ1v) is 21.7. The zero-order chi connectivity index (χ0) is 41.4. The highest BCUT2D eigenvalue weighted by Crippen LogP contribution is 2.52. The molecule has 0 saturated heterocycles. The van der Waals surface area contributed by atoms with Crippen LogP contribution in [0.1, 0.15) is 70.2 Å². The van der Waals surface area contributed by atoms with Crippen LogP contribution in [0.15, 0.2) is 174 Å². The van der Waals surface area contributed by atoms with Crippen LogP contribution in [0.3, 0.4) is 0 Å². The molecule has 0 N–H and O–H groups in total. The van der Waals surface area contributed by atoms with Crippen LogP contribution in [0, 0.1) is 0 Å². The van der Waals surface area contributed by atoms with Crippen LogP contribution < -0.4 is 4.90 Å². The lowest BCUT2D eigenvalue weighted by atomic mass is 9.82. The molecular weight excluding hydrogens is 741 g/mol. The van der Waals surface area contributed by atoms with Crippen molar-refractivity contribution in [2.45, 2.75) is 64.2 Å². The summed E-state index contributed by atoms with van der Waals surface area (Å²) >= 11 is 0. The number of rotatable bonds is 5. The molecule has 0 atom stereocenters. The van der Waals surface area contributed by atoms with E-state index < -0.39 is 0 Å². The number of anilines is 3. The number of furan rings is 1. The van der Waals surface area contributed by atoms with Crippen LogP contribution >= 0.6 is 0 Å². The lowest BCUT2D eigenvalue weighted by molar-refractivity contribution is 0.403. The van der Waals surface area contributed by atoms with Crippen LogP contribution in [0.4, 0.5) is 17.1 Å². The fourth-order valence-electron chi connectivity index (χ4n) is 11.5. The Bertz CT molecular complexity index is 3430. The topological polar surface area (TPSA) is 21.3 Å². The molecule has 3 heteroatoms. The van der Waals surface area contributed by atoms with Gasteiger partial charge >= 0.3 is 0 Å². The van der Waals surface area contributed by atoms with Crippen molar-refractivity contribution < 1.29 is 4.42 Å². The highest BCUT2D eigenvalue weighted by molar-refractivity contribution is 6.11. The molecule has 2 heterocycles. The third-order valence-corrected chi connectivity index (χ3v) is 14.2. The molecular formula is C58H48N2O. The molecule has 0 spiro atoms. The van der Waals surface area contributed by atoms with E-state index in [-0.39, 0.29) is 16.2 Å². The maximum absolute atomic E-state index is 6.45. The van der Waals surface area contributed by atoms with E-state index in [1.807, 2.05) is 6.07 Å². The number of nitrogens with zero attached hydrogens (tertiary/aromatic N) is 2. The largest absolute Gasteiger partial charge is 0.456 e. The molecule has 0 unspecified atom stereocenters. The molecule has 2 aliphatic carbocycles. The predicted octanol–water partition coefficient (Wildman–Crippen LogP) is 16.1. The molecule has 0 aliphatic heterocycles. The molecule has 0 radical (unpaired) electrons. The van der Waals surface area contributed by atoms with Gasteiger partial charge in [0, 0.05) is 55.8 Å². The van der Waals surface area contributed by atoms with Gasteiger partial charge in [-0.1, -0.05) is 133 Å². The standard InChI is InChI=1S/C58H48N2O/c1-56(2)35-57(3,4)51-33-40(26-29-49(51)56)60-52-17-11-8-14-44(52)47-31-37(21-30-53(47)60)36-19-22-38(23-20-36)59(41-25-28-46-45-15-9-12-18-54(45)61-55(46)34-41)39-24-27-43-42-13-7-10-16-48(42)58(5,6)50(43)32-39/h7-34H,35H2,1-6H3. The van der Waals surface area contributed by atoms with Gasteiger partial charge in [0.2, 0.25) is 0 Å². The van der Waals surface area contributed by atoms with Crippen molar-refractivity contribution in [1.82, 2.24) is 4.57 Å². The van der Waals surface area contributed by atoms with Gasteiger partial charge in [0.1, 0.15) is 11.2 Å². The van der Waals surface area contributed by atoms with Gasteiger partial charge in [-0.2, -0.15) is 0 Å². The fraction of sp³-hybridized carbons (Fsp3) is 0.172. The van der Waals surface area contributed by atoms with E-state index >= 15 is 0 Å². The van der Waals surface area contributed by atoms with E-state index in [9.17, 15) is 0 Å². The number of hydrogen-bond donors (Lipinski definition) is 0. The molecule has 12 rings (SSSR count). The Labute approximate surface area is 357 Å². The summed E-state index contributed by atoms with van der Waals surface area (Å²) < 4.78 is 8.91. The highest BCUT2D eigenvalue weighted by atomic mass is 16.3. The third-order valence-electron chi connectivity index (χ3n) is 14.2. The summed E-state index contributed by atoms with van der Waals surface area (Å²) in [5, 5.41) is 4.79. The van der Waals surface area contributed by atoms with Gasteiger partial charge in [0.15, 0.2) is 0 Å². The van der Waals surface area contributed by atoms with E-state index in [4.69, 9.17) is 4.42 Å². The minimum absolute atomic E-state index is 0.115. The fourth-order valence-corrected chi connectivity index (χ4v) is 11.5. The van der Waals surface area contributed by atoms with Crippen molar-refractivity contribution in [3.8, 4) is 27.9 Å². The number of hydrogen-bond acceptors (Lipinski definition) is 2. The van der Waals surface area contributed by atoms with Gasteiger partial charge in [-0.3, -0.25) is 0 Å². The Morgan fingerprint density at radius 1 is 0.426 bits per heavy atom. The zero-order valence-electron chi connectivity index (χ0n) is 35.7. The number of para-hydroxylation sites is 2. The van der Waals surface area contributed by atoms with Crippen molar-refractivity contribution in [2.24, 2.45) is 0 Å². The maximum atomic E-state index is 6.45. The molecule has 0 saturated carbocycles. The van der Waals surface area contributed by atoms with Crippen LogP contribution in [0.5, 0.6) is 0 Å². The zero-order valence-corrected chi connectivity index (χ0v) is 35.7. The smallest absolute Gasteiger partial charge is 0.137 e. The average Bonchev–Trinajstić information content (AvgIpc) is 3.93. The van der Waals surface area contributed by atoms with Crippen LogP contribution in [-0.2, 0) is 16.2 Å². The van der Waals surface area contributed by atoms with Gasteiger partial charge in [-0.05, 0) is 135 Å². The van der Waals surface area contributed by atoms with Gasteiger partial charge in [-0.25, -0.2) is 0 Å². The quantitative estimate of drug-likeness (QED) is 0.173. The van der Waals surface area contributed by atoms with E-state index in [2.05, 4.69) is 215 Å². The lowest BCUT2D eigenvalue weighted by Crippen LogP contribution is -2.18. The maximum Gasteiger partial charge on any atom is 0.137 e. The van der Waals surface area contributed by atoms with E-state index in [1.54, 1.807) is 0 Å². The Morgan fingerprint density at radius 3 is 1.92 bits per heavy atom. The Hall–Kier alpha value is -6.84. The molecule has 3 nitrogen and oxygen atoms in total. The second-order valence-corrected chi connectivity index (χ2v) is 19.3. The molecule has 61 heavy (non-hydrogen) atoms. The van der Waals surface area contributed by atoms with Gasteiger partial charge in [0.25, 0.3) is 0 Å². The summed E-state index contributed by atoms with van der Waals surface area (Å²) in [6.07, 6.45) is 1.16. The molecule has 8 aromatic carbocycles. The normalized spacial score (nSPS) is 15.7. The van der Waals surface area contributed by atoms with Crippen molar-refractivity contribution in [1.29, 1.82) is 0 Å². The van der Waals surface area contributed by atoms with Gasteiger partial charge in [0.05, 0.1) is 11.0 Å². The number of benzene rings is 8. The average molecular weight is 789 g/mol. The SMILES string of the molecule is CC1(C)CC(C)(C)c2cc(-n3c4ccccc4c4cc(-c5ccc(N(c6ccc7c(c6)C(C)(C)c6ccccc6-7)c6ccc7c(c6)oc6ccccc67)cc5)ccc43)ccc21. The highest BCUT2D eigenvalue weighted by Gasteiger charge is 2.42. The Morgan fingerprint density at radius 2 is 1.07 bits per heavy atom. The molecule has 0 fully saturated rings. The van der Waals surface area contributed by atoms with Crippen LogP contribution in [0.2, 0.25) is 0 Å². The Kier molecular flexibility index (Phi) is 7.44. The van der Waals surface area contributed by atoms with E-state index in [1.165, 1.54) is 72.0 Å². The molecule has 0 bridgehead atoms. The van der Waals surface area contributed by atoms with E-state index in [0.717, 1.165) is 45.4 Å². The van der Waals surface area contributed by atoms with Gasteiger partial charge in [-0.15, -0.1) is 0 Å². The molecule has 0 amide bonds. The molecule has 10 aromatic rings. The molecule has 2 aromatic heterocycles. The predicted molar refractivity (Wildman–Crippen MR) is 256 cm³/mol. The van der Waals surface area contributed by atoms with Crippen molar-refractivity contribution in [3.05, 3.63) is 192 Å². The van der Waals surface area contributed by atoms with Crippen LogP contribution in [0.25, 0.3) is 71.7 Å². The van der Waals surface area contributed by atoms with Crippen LogP contribution in [-0.4, -0.2) is 4.57 Å². The monoisotopic (exact) mass is 788 g/mol. The minimum atomic E-state index is -0.115. The number of aromatic nitrogens is 1. The molecule has 296 valence electrons. The summed E-state index contributed by atoms with van der Waals surface area (Å²) in [6, 6.07) is 62.9. The third kappa shape index (κ3) is 5.29. The van der Waals surface area contributed by atoms with Crippen molar-refractivity contribution >= 4 is 60.8 Å². The summed E-state index contributed by atoms with van der Waals surface area (Å²) in [5.41, 5.74) is 19.6. The number of fused-ring (bicyclic) bond motifs is 10. The summed E-state index contributed by atoms with van der Waals surface area (Å²) in [6.45, 7) is 14.3. The van der Waals surface area contributed by atoms with Crippen molar-refractivity contribution in [2.75, 3.05) is 4.90 Å². The lowest BCUT2D eigenvalue weighted by Gasteiger charge is -2.28. The summed E-state index contributed by atoms with van der Waals surface area (Å²) in [7, 11) is 0. The first kappa shape index (κ1) is 36.0. The first-order valence-electron chi connectivity index (χ1n) is 21.7. The van der Waals surface area contributed by atoms with Crippen molar-refractivity contribution in [3.63, 3.8) is 0 Å². The second-order valence-electron chi connectivity index (χ2n) is 19.3. The molecule has 2 aliphatic rings. The second kappa shape index (κ2) is 12.6. The summed E-state index contributed by atoms with van der Waals surface area (Å²) in [5.74, 6) is 0. The summed E-state index contributed by atoms with van der Waals surface area (Å²) in [4.78, 5) is 2.38. The first-order chi connectivity index (χ1) is 29.5. The minimum Gasteiger partial charge on any atom is -0.456 e.